The van der Waals surface area contributed by atoms with E-state index in [1.807, 2.05) is 72.8 Å². The van der Waals surface area contributed by atoms with E-state index in [-0.39, 0.29) is 7.43 Å². The summed E-state index contributed by atoms with van der Waals surface area (Å²) in [6.45, 7) is 0.731. The Balaban J connectivity index is 0.000000142. The van der Waals surface area contributed by atoms with Gasteiger partial charge in [-0.2, -0.15) is 0 Å². The molecule has 2 unspecified atom stereocenters. The topological polar surface area (TPSA) is 118 Å². The highest BCUT2D eigenvalue weighted by molar-refractivity contribution is 5.71. The lowest BCUT2D eigenvalue weighted by molar-refractivity contribution is 0.262. The molecule has 0 amide bonds. The Morgan fingerprint density at radius 2 is 0.737 bits per heavy atom. The van der Waals surface area contributed by atoms with Crippen molar-refractivity contribution < 1.29 is 10.2 Å². The van der Waals surface area contributed by atoms with Crippen molar-refractivity contribution in [2.75, 3.05) is 13.2 Å². The molecule has 0 spiro atoms. The third kappa shape index (κ3) is 9.34. The summed E-state index contributed by atoms with van der Waals surface area (Å²) in [6, 6.07) is 40.2. The average molecular weight is 757 g/mol. The van der Waals surface area contributed by atoms with E-state index in [1.165, 1.54) is 24.0 Å². The second-order valence-corrected chi connectivity index (χ2v) is 15.2. The summed E-state index contributed by atoms with van der Waals surface area (Å²) >= 11 is 0. The summed E-state index contributed by atoms with van der Waals surface area (Å²) in [5, 5.41) is 44.4. The van der Waals surface area contributed by atoms with E-state index in [1.54, 1.807) is 0 Å². The smallest absolute Gasteiger partial charge is 0.203 e. The van der Waals surface area contributed by atoms with Gasteiger partial charge in [0, 0.05) is 48.3 Å². The second kappa shape index (κ2) is 19.0. The van der Waals surface area contributed by atoms with E-state index in [4.69, 9.17) is 5.11 Å². The number of hydrogen-bond donors (Lipinski definition) is 2. The maximum absolute atomic E-state index is 9.68. The van der Waals surface area contributed by atoms with Crippen molar-refractivity contribution in [2.24, 2.45) is 35.5 Å². The lowest BCUT2D eigenvalue weighted by Gasteiger charge is -2.19. The number of nitrogens with zero attached hydrogens (tertiary/aromatic N) is 6. The number of rotatable bonds is 6. The van der Waals surface area contributed by atoms with Crippen LogP contribution < -0.4 is 0 Å². The van der Waals surface area contributed by atoms with Crippen LogP contribution in [0.4, 0.5) is 0 Å². The minimum absolute atomic E-state index is 0. The number of aliphatic hydroxyl groups is 2. The fourth-order valence-electron chi connectivity index (χ4n) is 8.92. The van der Waals surface area contributed by atoms with Crippen LogP contribution in [0.15, 0.2) is 121 Å². The van der Waals surface area contributed by atoms with E-state index in [0.717, 1.165) is 84.0 Å². The largest absolute Gasteiger partial charge is 0.396 e. The molecule has 2 aromatic heterocycles. The van der Waals surface area contributed by atoms with Gasteiger partial charge in [-0.1, -0.05) is 129 Å². The van der Waals surface area contributed by atoms with E-state index >= 15 is 0 Å². The van der Waals surface area contributed by atoms with E-state index in [0.29, 0.717) is 48.5 Å². The van der Waals surface area contributed by atoms with Gasteiger partial charge in [0.05, 0.1) is 11.4 Å². The van der Waals surface area contributed by atoms with Crippen LogP contribution in [0.2, 0.25) is 0 Å². The van der Waals surface area contributed by atoms with Gasteiger partial charge in [0.2, 0.25) is 11.6 Å². The molecule has 6 aromatic rings. The zero-order valence-corrected chi connectivity index (χ0v) is 31.7. The SMILES string of the molecule is C.OCC1[C@H]2CCC#CCC[C@@H]12.OCC1[C@H]2CCc3c(-c4ccccc4)nnc(-c4ccccc4)c3CC[C@@H]12.c1ccc(-c2nnc(-c3ccccc3)nn2)cc1. The third-order valence-electron chi connectivity index (χ3n) is 12.0. The summed E-state index contributed by atoms with van der Waals surface area (Å²) in [6.07, 6.45) is 8.88. The quantitative estimate of drug-likeness (QED) is 0.162. The Morgan fingerprint density at radius 3 is 1.07 bits per heavy atom. The van der Waals surface area contributed by atoms with Gasteiger partial charge in [-0.05, 0) is 85.2 Å². The number of benzene rings is 4. The zero-order valence-electron chi connectivity index (χ0n) is 31.7. The molecule has 0 radical (unpaired) electrons. The van der Waals surface area contributed by atoms with Crippen molar-refractivity contribution in [1.82, 2.24) is 30.6 Å². The van der Waals surface area contributed by atoms with Crippen LogP contribution in [-0.4, -0.2) is 54.0 Å². The van der Waals surface area contributed by atoms with Crippen molar-refractivity contribution in [1.29, 1.82) is 0 Å². The molecule has 4 aromatic carbocycles. The summed E-state index contributed by atoms with van der Waals surface area (Å²) in [4.78, 5) is 0. The highest BCUT2D eigenvalue weighted by Gasteiger charge is 2.49. The molecule has 8 nitrogen and oxygen atoms in total. The fourth-order valence-corrected chi connectivity index (χ4v) is 8.92. The average Bonchev–Trinajstić information content (AvgIpc) is 4.14. The van der Waals surface area contributed by atoms with Gasteiger partial charge in [-0.3, -0.25) is 0 Å². The molecular formula is C49H52N6O2. The first-order valence-corrected chi connectivity index (χ1v) is 20.1. The predicted molar refractivity (Wildman–Crippen MR) is 226 cm³/mol. The van der Waals surface area contributed by atoms with Crippen LogP contribution in [0.25, 0.3) is 45.3 Å². The van der Waals surface area contributed by atoms with Gasteiger partial charge in [-0.25, -0.2) is 0 Å². The highest BCUT2D eigenvalue weighted by Crippen LogP contribution is 2.54. The molecular weight excluding hydrogens is 705 g/mol. The van der Waals surface area contributed by atoms with E-state index in [2.05, 4.69) is 91.0 Å². The van der Waals surface area contributed by atoms with Crippen LogP contribution in [-0.2, 0) is 12.8 Å². The Hall–Kier alpha value is -5.62. The van der Waals surface area contributed by atoms with Crippen molar-refractivity contribution in [3.05, 3.63) is 132 Å². The molecule has 8 heteroatoms. The molecule has 4 aliphatic rings. The van der Waals surface area contributed by atoms with Crippen LogP contribution in [0, 0.1) is 47.3 Å². The van der Waals surface area contributed by atoms with Gasteiger partial charge in [0.1, 0.15) is 0 Å². The fraction of sp³-hybridized carbons (Fsp3) is 0.347. The van der Waals surface area contributed by atoms with E-state index < -0.39 is 0 Å². The minimum Gasteiger partial charge on any atom is -0.396 e. The molecule has 4 aliphatic carbocycles. The normalized spacial score (nSPS) is 22.4. The summed E-state index contributed by atoms with van der Waals surface area (Å²) in [5.41, 5.74) is 8.90. The van der Waals surface area contributed by atoms with Crippen LogP contribution >= 0.6 is 0 Å². The molecule has 2 saturated carbocycles. The maximum atomic E-state index is 9.68. The van der Waals surface area contributed by atoms with Crippen molar-refractivity contribution in [3.63, 3.8) is 0 Å². The summed E-state index contributed by atoms with van der Waals surface area (Å²) < 4.78 is 0. The Kier molecular flexibility index (Phi) is 13.2. The van der Waals surface area contributed by atoms with Gasteiger partial charge < -0.3 is 10.2 Å². The Bertz CT molecular complexity index is 2070. The first-order chi connectivity index (χ1) is 27.7. The van der Waals surface area contributed by atoms with Gasteiger partial charge in [0.15, 0.2) is 0 Å². The van der Waals surface area contributed by atoms with Crippen molar-refractivity contribution >= 4 is 0 Å². The minimum atomic E-state index is 0. The molecule has 290 valence electrons. The lowest BCUT2D eigenvalue weighted by atomic mass is 9.88. The monoisotopic (exact) mass is 756 g/mol. The molecule has 2 heterocycles. The highest BCUT2D eigenvalue weighted by atomic mass is 16.3. The first-order valence-electron chi connectivity index (χ1n) is 20.1. The Labute approximate surface area is 336 Å². The van der Waals surface area contributed by atoms with Crippen molar-refractivity contribution in [2.45, 2.75) is 58.8 Å². The molecule has 0 aliphatic heterocycles. The van der Waals surface area contributed by atoms with Gasteiger partial charge >= 0.3 is 0 Å². The zero-order chi connectivity index (χ0) is 38.1. The second-order valence-electron chi connectivity index (χ2n) is 15.2. The molecule has 6 atom stereocenters. The molecule has 10 rings (SSSR count). The molecule has 0 saturated heterocycles. The Morgan fingerprint density at radius 1 is 0.421 bits per heavy atom. The maximum Gasteiger partial charge on any atom is 0.203 e. The first kappa shape index (κ1) is 39.6. The molecule has 0 bridgehead atoms. The van der Waals surface area contributed by atoms with E-state index in [9.17, 15) is 5.11 Å². The molecule has 2 fully saturated rings. The van der Waals surface area contributed by atoms with Crippen molar-refractivity contribution in [3.8, 4) is 57.1 Å². The number of aromatic nitrogens is 6. The summed E-state index contributed by atoms with van der Waals surface area (Å²) in [5.74, 6) is 11.5. The van der Waals surface area contributed by atoms with Crippen LogP contribution in [0.3, 0.4) is 0 Å². The number of hydrogen-bond acceptors (Lipinski definition) is 8. The number of fused-ring (bicyclic) bond motifs is 3. The standard InChI is InChI=1S/C24H24N2O.C14H10N4.C10H14O.CH4/c27-15-22-18-11-13-20-21(14-12-19(18)22)24(17-9-5-2-6-10-17)26-25-23(20)16-7-3-1-4-8-16;1-3-7-11(8-4-1)13-15-17-14(18-16-13)12-9-5-2-6-10-12;11-7-10-8-5-3-1-2-4-6-9(8)10;/h1-10,18-19,22,27H,11-15H2;1-10H;8-11H,3-7H2;1H4/t18-,19+,22?;;8-,9+,10?;. The number of aliphatic hydroxyl groups excluding tert-OH is 2. The van der Waals surface area contributed by atoms with Gasteiger partial charge in [0.25, 0.3) is 0 Å². The molecule has 2 N–H and O–H groups in total. The summed E-state index contributed by atoms with van der Waals surface area (Å²) in [7, 11) is 0. The molecule has 57 heavy (non-hydrogen) atoms. The lowest BCUT2D eigenvalue weighted by Crippen LogP contribution is -2.09. The van der Waals surface area contributed by atoms with Gasteiger partial charge in [-0.15, -0.1) is 42.4 Å². The van der Waals surface area contributed by atoms with Crippen LogP contribution in [0.1, 0.15) is 57.1 Å². The third-order valence-corrected chi connectivity index (χ3v) is 12.0. The predicted octanol–water partition coefficient (Wildman–Crippen LogP) is 9.20. The van der Waals surface area contributed by atoms with Crippen LogP contribution in [0.5, 0.6) is 0 Å².